The summed E-state index contributed by atoms with van der Waals surface area (Å²) in [4.78, 5) is 119. The van der Waals surface area contributed by atoms with Crippen molar-refractivity contribution in [1.29, 1.82) is 0 Å². The quantitative estimate of drug-likeness (QED) is 0.0124. The molecule has 4 aliphatic rings. The van der Waals surface area contributed by atoms with Gasteiger partial charge in [-0.1, -0.05) is 93.7 Å². The maximum absolute atomic E-state index is 14.4. The number of rotatable bonds is 70. The Morgan fingerprint density at radius 3 is 1.24 bits per heavy atom. The summed E-state index contributed by atoms with van der Waals surface area (Å²) in [5.41, 5.74) is -0.666. The zero-order chi connectivity index (χ0) is 89.7. The fourth-order valence-corrected chi connectivity index (χ4v) is 18.2. The van der Waals surface area contributed by atoms with Crippen LogP contribution in [0.4, 0.5) is 4.79 Å². The van der Waals surface area contributed by atoms with Crippen molar-refractivity contribution in [1.82, 2.24) is 20.9 Å². The molecular weight excluding hydrogens is 1720 g/mol. The molecule has 36 heteroatoms. The van der Waals surface area contributed by atoms with Crippen LogP contribution in [-0.4, -0.2) is 305 Å². The Balaban J connectivity index is 0.0000391. The third kappa shape index (κ3) is 46.9. The number of hydrogen-bond acceptors (Lipinski definition) is 31. The zero-order valence-electron chi connectivity index (χ0n) is 74.4. The summed E-state index contributed by atoms with van der Waals surface area (Å²) in [5, 5.41) is 108. The maximum Gasteiger partial charge on any atom is 0.407 e. The van der Waals surface area contributed by atoms with E-state index in [0.717, 1.165) is 64.2 Å². The number of aliphatic hydroxyl groups excluding tert-OH is 10. The topological polar surface area (TPSA) is 488 Å². The van der Waals surface area contributed by atoms with Crippen LogP contribution in [0, 0.1) is 23.2 Å². The first-order valence-corrected chi connectivity index (χ1v) is 47.6. The van der Waals surface area contributed by atoms with Crippen LogP contribution >= 0.6 is 21.6 Å². The van der Waals surface area contributed by atoms with Crippen molar-refractivity contribution in [2.24, 2.45) is 23.2 Å². The number of nitrogens with one attached hydrogen (secondary N) is 3. The first-order valence-electron chi connectivity index (χ1n) is 45.3. The van der Waals surface area contributed by atoms with E-state index in [1.165, 1.54) is 0 Å². The number of ketones is 3. The van der Waals surface area contributed by atoms with Crippen molar-refractivity contribution in [3.8, 4) is 0 Å². The van der Waals surface area contributed by atoms with Gasteiger partial charge in [-0.05, 0) is 141 Å². The SMILES string of the molecule is CO[C@H]1C[C@H](CO)N(C(=O)CCCCC(=O)CCC(C)(C)SSCCC(=O)CC(CCCOC(=O)CCCCCCCNC(=O)CCCOC2OC(CO)C(O)C(O)C2C)(CCCOC(=O)CCCCCCCNC(=O)CCCOC2OC(CO)C(O)C(O)C2C)CCCOC(=O)NCCCCCCC(=O)CCCOC2OC(CO)C(O)C(O)C2C)C1.[Y]. The molecule has 0 spiro atoms. The van der Waals surface area contributed by atoms with Gasteiger partial charge in [-0.3, -0.25) is 38.4 Å². The minimum absolute atomic E-state index is 0. The molecule has 711 valence electrons. The molecule has 0 aromatic heterocycles. The van der Waals surface area contributed by atoms with Crippen molar-refractivity contribution in [2.75, 3.05) is 105 Å². The van der Waals surface area contributed by atoms with E-state index in [0.29, 0.717) is 173 Å². The molecule has 4 saturated heterocycles. The smallest absolute Gasteiger partial charge is 0.407 e. The number of likely N-dealkylation sites (tertiary alicyclic amines) is 1. The summed E-state index contributed by atoms with van der Waals surface area (Å²) in [6.07, 6.45) is 6.72. The minimum Gasteiger partial charge on any atom is -0.466 e. The van der Waals surface area contributed by atoms with Gasteiger partial charge in [-0.15, -0.1) is 0 Å². The van der Waals surface area contributed by atoms with Crippen molar-refractivity contribution < 1.29 is 174 Å². The third-order valence-corrected chi connectivity index (χ3v) is 26.8. The van der Waals surface area contributed by atoms with Gasteiger partial charge >= 0.3 is 18.0 Å². The van der Waals surface area contributed by atoms with Crippen LogP contribution < -0.4 is 16.0 Å². The van der Waals surface area contributed by atoms with E-state index in [4.69, 9.17) is 47.4 Å². The first kappa shape index (κ1) is 114. The average Bonchev–Trinajstić information content (AvgIpc) is 1.69. The van der Waals surface area contributed by atoms with Crippen LogP contribution in [0.25, 0.3) is 0 Å². The van der Waals surface area contributed by atoms with E-state index in [-0.39, 0.29) is 181 Å². The molecule has 33 nitrogen and oxygen atoms in total. The van der Waals surface area contributed by atoms with Gasteiger partial charge in [0.05, 0.1) is 96.5 Å². The second kappa shape index (κ2) is 66.2. The maximum atomic E-state index is 14.4. The zero-order valence-corrected chi connectivity index (χ0v) is 78.8. The summed E-state index contributed by atoms with van der Waals surface area (Å²) in [6, 6.07) is -0.262. The molecule has 4 aliphatic heterocycles. The molecule has 0 aromatic rings. The minimum atomic E-state index is -1.23. The molecule has 0 aliphatic carbocycles. The number of ether oxygens (including phenoxy) is 10. The summed E-state index contributed by atoms with van der Waals surface area (Å²) in [5.74, 6) is -1.85. The number of methoxy groups -OCH3 is 1. The van der Waals surface area contributed by atoms with Crippen molar-refractivity contribution in [2.45, 2.75) is 369 Å². The molecule has 4 heterocycles. The summed E-state index contributed by atoms with van der Waals surface area (Å²) in [7, 11) is 4.79. The van der Waals surface area contributed by atoms with Crippen molar-refractivity contribution in [3.05, 3.63) is 0 Å². The van der Waals surface area contributed by atoms with E-state index in [1.54, 1.807) is 54.4 Å². The number of Topliss-reactive ketones (excluding diaryl/α,β-unsaturated/α-hetero) is 3. The largest absolute Gasteiger partial charge is 0.466 e. The van der Waals surface area contributed by atoms with Crippen molar-refractivity contribution in [3.63, 3.8) is 0 Å². The number of nitrogens with zero attached hydrogens (tertiary/aromatic N) is 1. The molecule has 4 amide bonds. The Kier molecular flexibility index (Phi) is 61.3. The predicted molar refractivity (Wildman–Crippen MR) is 456 cm³/mol. The number of esters is 2. The molecule has 4 rings (SSSR count). The van der Waals surface area contributed by atoms with Gasteiger partial charge in [0.15, 0.2) is 18.9 Å². The van der Waals surface area contributed by atoms with Gasteiger partial charge in [0.2, 0.25) is 17.7 Å². The number of hydrogen-bond donors (Lipinski definition) is 13. The van der Waals surface area contributed by atoms with Crippen LogP contribution in [0.15, 0.2) is 0 Å². The molecular formula is C87H154N4O29S2Y. The van der Waals surface area contributed by atoms with Crippen LogP contribution in [0.5, 0.6) is 0 Å². The summed E-state index contributed by atoms with van der Waals surface area (Å²) >= 11 is 0. The Labute approximate surface area is 762 Å². The standard InChI is InChI=1S/C87H154N4O29S2.Y/c1-60-76(104)79(107)68(57-93)118-82(60)114-46-23-31-64(96)29-15-11-14-22-45-90-85(110)117-51-28-41-87(54-66(98)38-52-121-122-86(4,5)42-37-65(97)30-18-19-34-73(101)91-55-67(111-6)53-63(91)56-92,39-26-49-112-74(102)35-16-9-7-12-20-43-88-71(99)32-24-47-115-83-61(2)77(105)80(108)69(58-94)119-83)40-27-50-113-75(103)36-17-10-8-13-21-44-89-72(100)33-25-48-116-84-62(3)78(106)81(109)70(59-95)120-84;/h60-63,67-70,76-84,92-95,104-109H,7-59H2,1-6H3,(H,88,99)(H,89,100)(H,90,110);/t60?,61?,62?,63-,67+,68?,69?,70?,76?,77?,78?,79?,80?,81?,82?,83?,84?,87?;/m1./s1. The average molecular weight is 1870 g/mol. The van der Waals surface area contributed by atoms with Crippen LogP contribution in [-0.2, 0) is 118 Å². The molecule has 17 atom stereocenters. The number of aliphatic hydroxyl groups is 10. The molecule has 13 N–H and O–H groups in total. The molecule has 15 unspecified atom stereocenters. The normalized spacial score (nSPS) is 25.2. The van der Waals surface area contributed by atoms with Gasteiger partial charge in [0, 0.05) is 165 Å². The van der Waals surface area contributed by atoms with E-state index in [9.17, 15) is 94.2 Å². The third-order valence-electron chi connectivity index (χ3n) is 23.5. The summed E-state index contributed by atoms with van der Waals surface area (Å²) in [6.45, 7) is 10.3. The molecule has 0 saturated carbocycles. The van der Waals surface area contributed by atoms with E-state index in [2.05, 4.69) is 29.8 Å². The summed E-state index contributed by atoms with van der Waals surface area (Å²) < 4.78 is 56.4. The number of unbranched alkanes of at least 4 members (excludes halogenated alkanes) is 12. The Bertz CT molecular complexity index is 2840. The second-order valence-corrected chi connectivity index (χ2v) is 37.3. The van der Waals surface area contributed by atoms with Gasteiger partial charge < -0.3 is 119 Å². The van der Waals surface area contributed by atoms with Gasteiger partial charge in [-0.2, -0.15) is 0 Å². The number of carbonyl (C=O) groups excluding carboxylic acids is 9. The van der Waals surface area contributed by atoms with Gasteiger partial charge in [-0.25, -0.2) is 4.79 Å². The van der Waals surface area contributed by atoms with Crippen LogP contribution in [0.2, 0.25) is 0 Å². The number of carbonyl (C=O) groups is 9. The monoisotopic (exact) mass is 1870 g/mol. The Morgan fingerprint density at radius 2 is 0.797 bits per heavy atom. The Morgan fingerprint density at radius 1 is 0.415 bits per heavy atom. The van der Waals surface area contributed by atoms with Crippen LogP contribution in [0.3, 0.4) is 0 Å². The van der Waals surface area contributed by atoms with E-state index < -0.39 is 123 Å². The number of alkyl carbamates (subject to hydrolysis) is 1. The van der Waals surface area contributed by atoms with Gasteiger partial charge in [0.25, 0.3) is 0 Å². The Hall–Kier alpha value is -3.25. The fraction of sp³-hybridized carbons (Fsp3) is 0.897. The van der Waals surface area contributed by atoms with Gasteiger partial charge in [0.1, 0.15) is 54.0 Å². The molecule has 4 fully saturated rings. The number of amides is 4. The second-order valence-electron chi connectivity index (χ2n) is 34.2. The molecule has 1 radical (unpaired) electrons. The van der Waals surface area contributed by atoms with Crippen molar-refractivity contribution >= 4 is 74.7 Å². The first-order chi connectivity index (χ1) is 58.5. The predicted octanol–water partition coefficient (Wildman–Crippen LogP) is 7.20. The molecule has 0 bridgehead atoms. The fourth-order valence-electron chi connectivity index (χ4n) is 15.6. The van der Waals surface area contributed by atoms with Crippen LogP contribution in [0.1, 0.15) is 279 Å². The molecule has 123 heavy (non-hydrogen) atoms. The van der Waals surface area contributed by atoms with E-state index >= 15 is 0 Å². The van der Waals surface area contributed by atoms with E-state index in [1.807, 2.05) is 0 Å². The molecule has 0 aromatic carbocycles.